The van der Waals surface area contributed by atoms with Crippen molar-refractivity contribution in [2.24, 2.45) is 0 Å². The molecule has 1 aromatic carbocycles. The summed E-state index contributed by atoms with van der Waals surface area (Å²) in [7, 11) is 0. The number of carbonyl (C=O) groups is 1. The first-order valence-corrected chi connectivity index (χ1v) is 6.50. The summed E-state index contributed by atoms with van der Waals surface area (Å²) in [5.74, 6) is -0.163. The lowest BCUT2D eigenvalue weighted by Gasteiger charge is -2.04. The molecule has 0 aromatic heterocycles. The Kier molecular flexibility index (Phi) is 6.71. The van der Waals surface area contributed by atoms with Crippen LogP contribution in [0, 0.1) is 0 Å². The fraction of sp³-hybridized carbons (Fsp3) is 0.500. The molecule has 0 amide bonds. The topological polar surface area (TPSA) is 26.3 Å². The molecular weight excluding hydrogens is 236 g/mol. The molecule has 3 heteroatoms. The van der Waals surface area contributed by atoms with Gasteiger partial charge in [-0.15, -0.1) is 0 Å². The third kappa shape index (κ3) is 6.32. The number of hydrogen-bond acceptors (Lipinski definition) is 2. The lowest BCUT2D eigenvalue weighted by Crippen LogP contribution is -2.08. The molecule has 0 fully saturated rings. The minimum Gasteiger partial charge on any atom is -0.465 e. The highest BCUT2D eigenvalue weighted by atomic mass is 35.5. The summed E-state index contributed by atoms with van der Waals surface area (Å²) in [5, 5.41) is 0.682. The zero-order chi connectivity index (χ0) is 12.5. The van der Waals surface area contributed by atoms with E-state index in [1.165, 1.54) is 12.8 Å². The Hall–Kier alpha value is -1.02. The molecule has 1 aromatic rings. The zero-order valence-electron chi connectivity index (χ0n) is 10.2. The van der Waals surface area contributed by atoms with Gasteiger partial charge in [0.15, 0.2) is 0 Å². The molecule has 2 nitrogen and oxygen atoms in total. The molecule has 0 heterocycles. The lowest BCUT2D eigenvalue weighted by molar-refractivity contribution is -0.142. The fourth-order valence-electron chi connectivity index (χ4n) is 1.53. The second-order valence-electron chi connectivity index (χ2n) is 4.08. The van der Waals surface area contributed by atoms with E-state index in [9.17, 15) is 4.79 Å². The highest BCUT2D eigenvalue weighted by Crippen LogP contribution is 2.10. The Labute approximate surface area is 108 Å². The number of esters is 1. The van der Waals surface area contributed by atoms with Gasteiger partial charge in [0.1, 0.15) is 0 Å². The SMILES string of the molecule is CCCCCCOC(=O)Cc1ccc(Cl)cc1. The molecule has 17 heavy (non-hydrogen) atoms. The van der Waals surface area contributed by atoms with Crippen LogP contribution in [0.1, 0.15) is 38.2 Å². The average Bonchev–Trinajstić information content (AvgIpc) is 2.32. The minimum absolute atomic E-state index is 0.163. The summed E-state index contributed by atoms with van der Waals surface area (Å²) in [6.45, 7) is 2.69. The Morgan fingerprint density at radius 2 is 1.88 bits per heavy atom. The maximum Gasteiger partial charge on any atom is 0.310 e. The number of hydrogen-bond donors (Lipinski definition) is 0. The normalized spacial score (nSPS) is 10.2. The number of unbranched alkanes of at least 4 members (excludes halogenated alkanes) is 3. The maximum absolute atomic E-state index is 11.5. The van der Waals surface area contributed by atoms with E-state index in [0.717, 1.165) is 18.4 Å². The molecule has 0 unspecified atom stereocenters. The first-order valence-electron chi connectivity index (χ1n) is 6.12. The van der Waals surface area contributed by atoms with Crippen molar-refractivity contribution in [2.45, 2.75) is 39.0 Å². The predicted octanol–water partition coefficient (Wildman–Crippen LogP) is 4.01. The van der Waals surface area contributed by atoms with Gasteiger partial charge >= 0.3 is 5.97 Å². The molecule has 0 bridgehead atoms. The van der Waals surface area contributed by atoms with E-state index in [1.54, 1.807) is 12.1 Å². The smallest absolute Gasteiger partial charge is 0.310 e. The van der Waals surface area contributed by atoms with Gasteiger partial charge in [-0.2, -0.15) is 0 Å². The van der Waals surface area contributed by atoms with Gasteiger partial charge in [-0.1, -0.05) is 49.9 Å². The zero-order valence-corrected chi connectivity index (χ0v) is 11.0. The van der Waals surface area contributed by atoms with E-state index in [0.29, 0.717) is 18.1 Å². The highest BCUT2D eigenvalue weighted by molar-refractivity contribution is 6.30. The Bertz CT molecular complexity index is 333. The van der Waals surface area contributed by atoms with E-state index < -0.39 is 0 Å². The van der Waals surface area contributed by atoms with Crippen molar-refractivity contribution in [3.63, 3.8) is 0 Å². The van der Waals surface area contributed by atoms with Gasteiger partial charge in [0, 0.05) is 5.02 Å². The van der Waals surface area contributed by atoms with Gasteiger partial charge in [0.2, 0.25) is 0 Å². The van der Waals surface area contributed by atoms with Crippen LogP contribution in [0.5, 0.6) is 0 Å². The van der Waals surface area contributed by atoms with Crippen LogP contribution in [0.15, 0.2) is 24.3 Å². The number of carbonyl (C=O) groups excluding carboxylic acids is 1. The van der Waals surface area contributed by atoms with E-state index in [4.69, 9.17) is 16.3 Å². The number of halogens is 1. The lowest BCUT2D eigenvalue weighted by atomic mass is 10.1. The van der Waals surface area contributed by atoms with Crippen LogP contribution < -0.4 is 0 Å². The van der Waals surface area contributed by atoms with Crippen LogP contribution in [0.25, 0.3) is 0 Å². The van der Waals surface area contributed by atoms with Crippen LogP contribution >= 0.6 is 11.6 Å². The molecule has 0 atom stereocenters. The number of ether oxygens (including phenoxy) is 1. The molecular formula is C14H19ClO2. The molecule has 0 N–H and O–H groups in total. The van der Waals surface area contributed by atoms with Crippen LogP contribution in [0.3, 0.4) is 0 Å². The number of benzene rings is 1. The molecule has 0 aliphatic rings. The quantitative estimate of drug-likeness (QED) is 0.543. The van der Waals surface area contributed by atoms with Crippen molar-refractivity contribution in [3.05, 3.63) is 34.9 Å². The molecule has 0 saturated carbocycles. The fourth-order valence-corrected chi connectivity index (χ4v) is 1.66. The largest absolute Gasteiger partial charge is 0.465 e. The molecule has 0 radical (unpaired) electrons. The predicted molar refractivity (Wildman–Crippen MR) is 70.3 cm³/mol. The van der Waals surface area contributed by atoms with E-state index in [1.807, 2.05) is 12.1 Å². The standard InChI is InChI=1S/C14H19ClO2/c1-2-3-4-5-10-17-14(16)11-12-6-8-13(15)9-7-12/h6-9H,2-5,10-11H2,1H3. The van der Waals surface area contributed by atoms with E-state index in [-0.39, 0.29) is 5.97 Å². The summed E-state index contributed by atoms with van der Waals surface area (Å²) in [5.41, 5.74) is 0.938. The summed E-state index contributed by atoms with van der Waals surface area (Å²) >= 11 is 5.76. The third-order valence-electron chi connectivity index (χ3n) is 2.52. The van der Waals surface area contributed by atoms with Gasteiger partial charge in [0.25, 0.3) is 0 Å². The van der Waals surface area contributed by atoms with Gasteiger partial charge < -0.3 is 4.74 Å². The summed E-state index contributed by atoms with van der Waals surface area (Å²) in [4.78, 5) is 11.5. The Morgan fingerprint density at radius 3 is 2.53 bits per heavy atom. The summed E-state index contributed by atoms with van der Waals surface area (Å²) in [6.07, 6.45) is 4.81. The van der Waals surface area contributed by atoms with Gasteiger partial charge in [-0.05, 0) is 24.1 Å². The van der Waals surface area contributed by atoms with Crippen molar-refractivity contribution < 1.29 is 9.53 Å². The van der Waals surface area contributed by atoms with E-state index in [2.05, 4.69) is 6.92 Å². The van der Waals surface area contributed by atoms with Crippen LogP contribution in [0.2, 0.25) is 5.02 Å². The first kappa shape index (κ1) is 14.0. The molecule has 0 spiro atoms. The van der Waals surface area contributed by atoms with Crippen molar-refractivity contribution >= 4 is 17.6 Å². The Morgan fingerprint density at radius 1 is 1.18 bits per heavy atom. The summed E-state index contributed by atoms with van der Waals surface area (Å²) in [6, 6.07) is 7.26. The van der Waals surface area contributed by atoms with Crippen molar-refractivity contribution in [1.82, 2.24) is 0 Å². The monoisotopic (exact) mass is 254 g/mol. The molecule has 0 aliphatic heterocycles. The highest BCUT2D eigenvalue weighted by Gasteiger charge is 2.04. The average molecular weight is 255 g/mol. The molecule has 1 rings (SSSR count). The second-order valence-corrected chi connectivity index (χ2v) is 4.52. The van der Waals surface area contributed by atoms with Gasteiger partial charge in [-0.3, -0.25) is 4.79 Å². The van der Waals surface area contributed by atoms with Crippen molar-refractivity contribution in [1.29, 1.82) is 0 Å². The van der Waals surface area contributed by atoms with Crippen LogP contribution in [0.4, 0.5) is 0 Å². The van der Waals surface area contributed by atoms with Gasteiger partial charge in [-0.25, -0.2) is 0 Å². The molecule has 94 valence electrons. The van der Waals surface area contributed by atoms with Crippen molar-refractivity contribution in [3.8, 4) is 0 Å². The van der Waals surface area contributed by atoms with E-state index >= 15 is 0 Å². The Balaban J connectivity index is 2.18. The van der Waals surface area contributed by atoms with Crippen LogP contribution in [-0.4, -0.2) is 12.6 Å². The molecule has 0 aliphatic carbocycles. The molecule has 0 saturated heterocycles. The minimum atomic E-state index is -0.163. The van der Waals surface area contributed by atoms with Gasteiger partial charge in [0.05, 0.1) is 13.0 Å². The number of rotatable bonds is 7. The van der Waals surface area contributed by atoms with Crippen LogP contribution in [-0.2, 0) is 16.0 Å². The maximum atomic E-state index is 11.5. The third-order valence-corrected chi connectivity index (χ3v) is 2.77. The van der Waals surface area contributed by atoms with Crippen molar-refractivity contribution in [2.75, 3.05) is 6.61 Å². The first-order chi connectivity index (χ1) is 8.22. The summed E-state index contributed by atoms with van der Waals surface area (Å²) < 4.78 is 5.15. The second kappa shape index (κ2) is 8.13.